The van der Waals surface area contributed by atoms with Crippen molar-refractivity contribution in [1.82, 2.24) is 15.9 Å². The maximum Gasteiger partial charge on any atom is 0.511 e. The monoisotopic (exact) mass is 308 g/mol. The predicted molar refractivity (Wildman–Crippen MR) is 75.1 cm³/mol. The quantitative estimate of drug-likeness (QED) is 0.387. The molecule has 0 rings (SSSR count). The highest BCUT2D eigenvalue weighted by molar-refractivity contribution is 5.60. The van der Waals surface area contributed by atoms with Gasteiger partial charge in [-0.1, -0.05) is 0 Å². The van der Waals surface area contributed by atoms with E-state index < -0.39 is 18.0 Å². The minimum Gasteiger partial charge on any atom is -0.756 e. The average molecular weight is 308 g/mol. The van der Waals surface area contributed by atoms with Gasteiger partial charge >= 0.3 is 6.16 Å². The summed E-state index contributed by atoms with van der Waals surface area (Å²) in [4.78, 5) is 16.3. The highest BCUT2D eigenvalue weighted by Crippen LogP contribution is 2.09. The molecule has 0 saturated heterocycles. The van der Waals surface area contributed by atoms with E-state index in [-0.39, 0.29) is 19.2 Å². The molecule has 0 radical (unpaired) electrons. The van der Waals surface area contributed by atoms with Gasteiger partial charge in [0.25, 0.3) is 0 Å². The molecule has 0 aliphatic rings. The first-order valence-electron chi connectivity index (χ1n) is 6.72. The summed E-state index contributed by atoms with van der Waals surface area (Å²) in [5.41, 5.74) is 1.40. The number of nitrogens with one attached hydrogen (secondary N) is 1. The van der Waals surface area contributed by atoms with Crippen LogP contribution in [0.25, 0.3) is 0 Å². The highest BCUT2D eigenvalue weighted by Gasteiger charge is 2.20. The fourth-order valence-electron chi connectivity index (χ4n) is 1.27. The largest absolute Gasteiger partial charge is 0.756 e. The van der Waals surface area contributed by atoms with Crippen LogP contribution >= 0.6 is 0 Å². The lowest BCUT2D eigenvalue weighted by molar-refractivity contribution is -0.240. The van der Waals surface area contributed by atoms with Gasteiger partial charge in [-0.25, -0.2) is 19.9 Å². The SMILES string of the molecule is CC(ONN([O-])N(CCO)C(C)C)OC(=O)OC(C)(C)C. The second-order valence-corrected chi connectivity index (χ2v) is 5.61. The molecule has 0 heterocycles. The normalized spacial score (nSPS) is 13.9. The molecule has 0 fully saturated rings. The van der Waals surface area contributed by atoms with Crippen molar-refractivity contribution in [3.63, 3.8) is 0 Å². The number of ether oxygens (including phenoxy) is 2. The molecule has 0 saturated carbocycles. The highest BCUT2D eigenvalue weighted by atomic mass is 16.9. The van der Waals surface area contributed by atoms with Crippen molar-refractivity contribution in [3.8, 4) is 0 Å². The molecule has 9 nitrogen and oxygen atoms in total. The summed E-state index contributed by atoms with van der Waals surface area (Å²) in [6, 6.07) is -0.146. The Bertz CT molecular complexity index is 308. The minimum atomic E-state index is -1.03. The van der Waals surface area contributed by atoms with E-state index in [2.05, 4.69) is 5.59 Å². The molecule has 0 aromatic carbocycles. The van der Waals surface area contributed by atoms with Gasteiger partial charge in [0.15, 0.2) is 0 Å². The van der Waals surface area contributed by atoms with Gasteiger partial charge in [-0.15, -0.1) is 5.59 Å². The van der Waals surface area contributed by atoms with Crippen LogP contribution in [0.2, 0.25) is 0 Å². The number of rotatable bonds is 8. The summed E-state index contributed by atoms with van der Waals surface area (Å²) in [6.07, 6.45) is -1.93. The Morgan fingerprint density at radius 3 is 2.33 bits per heavy atom. The zero-order chi connectivity index (χ0) is 16.6. The van der Waals surface area contributed by atoms with Crippen molar-refractivity contribution in [2.45, 2.75) is 59.5 Å². The van der Waals surface area contributed by atoms with Gasteiger partial charge in [0.2, 0.25) is 6.29 Å². The first kappa shape index (κ1) is 20.0. The molecular weight excluding hydrogens is 282 g/mol. The van der Waals surface area contributed by atoms with Crippen LogP contribution in [0.5, 0.6) is 0 Å². The summed E-state index contributed by atoms with van der Waals surface area (Å²) >= 11 is 0. The number of hydrazine groups is 2. The Labute approximate surface area is 125 Å². The predicted octanol–water partition coefficient (Wildman–Crippen LogP) is 1.14. The number of carbonyl (C=O) groups is 1. The van der Waals surface area contributed by atoms with Crippen molar-refractivity contribution in [2.75, 3.05) is 13.2 Å². The van der Waals surface area contributed by atoms with E-state index in [4.69, 9.17) is 19.4 Å². The van der Waals surface area contributed by atoms with Crippen molar-refractivity contribution in [1.29, 1.82) is 0 Å². The summed E-state index contributed by atoms with van der Waals surface area (Å²) in [5.74, 6) is 0. The van der Waals surface area contributed by atoms with E-state index in [0.29, 0.717) is 5.28 Å². The lowest BCUT2D eigenvalue weighted by Gasteiger charge is -2.41. The molecule has 0 aromatic rings. The summed E-state index contributed by atoms with van der Waals surface area (Å²) in [5, 5.41) is 22.2. The number of hydrogen-bond donors (Lipinski definition) is 2. The first-order chi connectivity index (χ1) is 9.56. The van der Waals surface area contributed by atoms with E-state index in [1.165, 1.54) is 11.9 Å². The molecule has 21 heavy (non-hydrogen) atoms. The van der Waals surface area contributed by atoms with E-state index in [1.807, 2.05) is 0 Å². The molecule has 1 atom stereocenters. The minimum absolute atomic E-state index is 0.138. The number of nitrogens with zero attached hydrogens (tertiary/aromatic N) is 2. The third-order valence-electron chi connectivity index (χ3n) is 2.11. The van der Waals surface area contributed by atoms with E-state index in [1.54, 1.807) is 34.6 Å². The molecule has 0 bridgehead atoms. The van der Waals surface area contributed by atoms with Crippen LogP contribution in [0.1, 0.15) is 41.5 Å². The van der Waals surface area contributed by atoms with Crippen LogP contribution in [0.4, 0.5) is 4.79 Å². The van der Waals surface area contributed by atoms with Gasteiger partial charge in [0.05, 0.1) is 6.61 Å². The Morgan fingerprint density at radius 2 is 1.90 bits per heavy atom. The molecule has 2 N–H and O–H groups in total. The van der Waals surface area contributed by atoms with Crippen LogP contribution < -0.4 is 5.59 Å². The summed E-state index contributed by atoms with van der Waals surface area (Å²) < 4.78 is 9.73. The topological polar surface area (TPSA) is 107 Å². The molecule has 0 amide bonds. The Kier molecular flexibility index (Phi) is 8.71. The van der Waals surface area contributed by atoms with Crippen molar-refractivity contribution < 1.29 is 24.2 Å². The van der Waals surface area contributed by atoms with E-state index in [9.17, 15) is 10.0 Å². The zero-order valence-corrected chi connectivity index (χ0v) is 13.5. The van der Waals surface area contributed by atoms with Gasteiger partial charge in [0, 0.05) is 19.5 Å². The number of aliphatic hydroxyl groups is 1. The molecule has 0 aliphatic carbocycles. The first-order valence-corrected chi connectivity index (χ1v) is 6.72. The molecule has 9 heteroatoms. The van der Waals surface area contributed by atoms with Crippen LogP contribution in [0, 0.1) is 5.21 Å². The van der Waals surface area contributed by atoms with Gasteiger partial charge in [-0.2, -0.15) is 0 Å². The number of carbonyl (C=O) groups excluding carboxylic acids is 1. The Balaban J connectivity index is 4.17. The van der Waals surface area contributed by atoms with Gasteiger partial charge in [0.1, 0.15) is 5.60 Å². The summed E-state index contributed by atoms with van der Waals surface area (Å²) in [7, 11) is 0. The van der Waals surface area contributed by atoms with Crippen LogP contribution in [0.15, 0.2) is 0 Å². The van der Waals surface area contributed by atoms with Gasteiger partial charge in [-0.05, 0) is 34.6 Å². The third-order valence-corrected chi connectivity index (χ3v) is 2.11. The van der Waals surface area contributed by atoms with Crippen LogP contribution in [-0.2, 0) is 14.3 Å². The zero-order valence-electron chi connectivity index (χ0n) is 13.5. The molecule has 1 unspecified atom stereocenters. The van der Waals surface area contributed by atoms with Crippen molar-refractivity contribution >= 4 is 6.16 Å². The van der Waals surface area contributed by atoms with Gasteiger partial charge < -0.3 is 19.8 Å². The smallest absolute Gasteiger partial charge is 0.511 e. The second-order valence-electron chi connectivity index (χ2n) is 5.61. The van der Waals surface area contributed by atoms with Crippen LogP contribution in [-0.4, -0.2) is 52.6 Å². The van der Waals surface area contributed by atoms with Crippen molar-refractivity contribution in [3.05, 3.63) is 5.21 Å². The van der Waals surface area contributed by atoms with Crippen molar-refractivity contribution in [2.24, 2.45) is 0 Å². The Hall–Kier alpha value is -0.970. The molecule has 126 valence electrons. The summed E-state index contributed by atoms with van der Waals surface area (Å²) in [6.45, 7) is 10.1. The number of aliphatic hydroxyl groups excluding tert-OH is 1. The van der Waals surface area contributed by atoms with E-state index >= 15 is 0 Å². The Morgan fingerprint density at radius 1 is 1.33 bits per heavy atom. The molecular formula is C12H26N3O6-. The lowest BCUT2D eigenvalue weighted by Crippen LogP contribution is -2.52. The number of hydrogen-bond acceptors (Lipinski definition) is 9. The molecule has 0 spiro atoms. The average Bonchev–Trinajstić information content (AvgIpc) is 2.30. The van der Waals surface area contributed by atoms with Crippen LogP contribution in [0.3, 0.4) is 0 Å². The van der Waals surface area contributed by atoms with E-state index in [0.717, 1.165) is 0 Å². The third kappa shape index (κ3) is 9.56. The standard InChI is InChI=1S/C12H26N3O6/c1-9(2)14(7-8-16)15(18)13-21-10(3)19-11(17)20-12(4,5)6/h9-10,13,16H,7-8H2,1-6H3/q-1. The molecule has 0 aliphatic heterocycles. The molecule has 0 aromatic heterocycles. The maximum absolute atomic E-state index is 11.7. The second kappa shape index (κ2) is 9.13. The maximum atomic E-state index is 11.7. The van der Waals surface area contributed by atoms with Gasteiger partial charge in [-0.3, -0.25) is 0 Å². The lowest BCUT2D eigenvalue weighted by atomic mass is 10.2. The fraction of sp³-hybridized carbons (Fsp3) is 0.917. The fourth-order valence-corrected chi connectivity index (χ4v) is 1.27.